The van der Waals surface area contributed by atoms with Crippen molar-refractivity contribution >= 4 is 17.2 Å². The van der Waals surface area contributed by atoms with Gasteiger partial charge in [0.25, 0.3) is 5.91 Å². The minimum absolute atomic E-state index is 0.252. The molecule has 0 atom stereocenters. The summed E-state index contributed by atoms with van der Waals surface area (Å²) in [7, 11) is 0. The molecular formula is C16H11N3O2S. The van der Waals surface area contributed by atoms with Gasteiger partial charge >= 0.3 is 0 Å². The SMILES string of the molecule is N#Cc1cccc(C(=O)NCc2cc(-c3cccs3)on2)c1. The van der Waals surface area contributed by atoms with E-state index >= 15 is 0 Å². The molecule has 1 N–H and O–H groups in total. The number of hydrogen-bond donors (Lipinski definition) is 1. The Morgan fingerprint density at radius 3 is 3.00 bits per heavy atom. The Bertz CT molecular complexity index is 831. The van der Waals surface area contributed by atoms with E-state index in [2.05, 4.69) is 10.5 Å². The standard InChI is InChI=1S/C16H11N3O2S/c17-9-11-3-1-4-12(7-11)16(20)18-10-13-8-14(21-19-13)15-5-2-6-22-15/h1-8H,10H2,(H,18,20). The number of carbonyl (C=O) groups is 1. The molecule has 3 aromatic rings. The Kier molecular flexibility index (Phi) is 3.99. The number of rotatable bonds is 4. The van der Waals surface area contributed by atoms with E-state index in [1.165, 1.54) is 0 Å². The van der Waals surface area contributed by atoms with E-state index in [4.69, 9.17) is 9.78 Å². The summed E-state index contributed by atoms with van der Waals surface area (Å²) in [5.74, 6) is 0.434. The Labute approximate surface area is 130 Å². The van der Waals surface area contributed by atoms with Gasteiger partial charge in [-0.1, -0.05) is 17.3 Å². The molecule has 1 aromatic carbocycles. The van der Waals surface area contributed by atoms with Gasteiger partial charge in [-0.05, 0) is 29.6 Å². The van der Waals surface area contributed by atoms with Crippen LogP contribution >= 0.6 is 11.3 Å². The van der Waals surface area contributed by atoms with E-state index in [-0.39, 0.29) is 12.5 Å². The van der Waals surface area contributed by atoms with Crippen LogP contribution in [0.3, 0.4) is 0 Å². The van der Waals surface area contributed by atoms with Crippen LogP contribution in [0.2, 0.25) is 0 Å². The van der Waals surface area contributed by atoms with Crippen LogP contribution in [0, 0.1) is 11.3 Å². The number of carbonyl (C=O) groups excluding carboxylic acids is 1. The second-order valence-corrected chi connectivity index (χ2v) is 5.48. The van der Waals surface area contributed by atoms with E-state index in [0.717, 1.165) is 4.88 Å². The molecule has 5 nitrogen and oxygen atoms in total. The van der Waals surface area contributed by atoms with Crippen molar-refractivity contribution in [1.82, 2.24) is 10.5 Å². The van der Waals surface area contributed by atoms with Crippen molar-refractivity contribution in [3.05, 3.63) is 64.7 Å². The van der Waals surface area contributed by atoms with Crippen LogP contribution in [0.1, 0.15) is 21.6 Å². The number of nitrogens with one attached hydrogen (secondary N) is 1. The average Bonchev–Trinajstić information content (AvgIpc) is 3.23. The minimum Gasteiger partial charge on any atom is -0.355 e. The maximum Gasteiger partial charge on any atom is 0.251 e. The Morgan fingerprint density at radius 2 is 2.23 bits per heavy atom. The largest absolute Gasteiger partial charge is 0.355 e. The van der Waals surface area contributed by atoms with Crippen LogP contribution in [0.25, 0.3) is 10.6 Å². The predicted molar refractivity (Wildman–Crippen MR) is 82.1 cm³/mol. The fraction of sp³-hybridized carbons (Fsp3) is 0.0625. The number of benzene rings is 1. The summed E-state index contributed by atoms with van der Waals surface area (Å²) < 4.78 is 5.25. The van der Waals surface area contributed by atoms with Crippen molar-refractivity contribution in [1.29, 1.82) is 5.26 Å². The molecule has 3 rings (SSSR count). The van der Waals surface area contributed by atoms with E-state index in [1.54, 1.807) is 41.7 Å². The molecule has 0 aliphatic carbocycles. The van der Waals surface area contributed by atoms with E-state index in [1.807, 2.05) is 23.6 Å². The third-order valence-corrected chi connectivity index (χ3v) is 3.89. The lowest BCUT2D eigenvalue weighted by atomic mass is 10.1. The van der Waals surface area contributed by atoms with Crippen LogP contribution in [0.5, 0.6) is 0 Å². The van der Waals surface area contributed by atoms with Crippen molar-refractivity contribution in [2.45, 2.75) is 6.54 Å². The molecule has 0 aliphatic heterocycles. The highest BCUT2D eigenvalue weighted by molar-refractivity contribution is 7.13. The van der Waals surface area contributed by atoms with Crippen molar-refractivity contribution < 1.29 is 9.32 Å². The topological polar surface area (TPSA) is 78.9 Å². The molecule has 0 unspecified atom stereocenters. The molecule has 0 aliphatic rings. The molecule has 0 saturated heterocycles. The molecule has 6 heteroatoms. The van der Waals surface area contributed by atoms with Crippen LogP contribution < -0.4 is 5.32 Å². The summed E-state index contributed by atoms with van der Waals surface area (Å²) >= 11 is 1.56. The third-order valence-electron chi connectivity index (χ3n) is 3.01. The van der Waals surface area contributed by atoms with Gasteiger partial charge in [-0.2, -0.15) is 5.26 Å². The quantitative estimate of drug-likeness (QED) is 0.802. The Morgan fingerprint density at radius 1 is 1.32 bits per heavy atom. The summed E-state index contributed by atoms with van der Waals surface area (Å²) in [5.41, 5.74) is 1.54. The molecule has 0 saturated carbocycles. The molecule has 0 radical (unpaired) electrons. The predicted octanol–water partition coefficient (Wildman–Crippen LogP) is 3.20. The first-order valence-corrected chi connectivity index (χ1v) is 7.42. The number of nitrogens with zero attached hydrogens (tertiary/aromatic N) is 2. The number of aromatic nitrogens is 1. The van der Waals surface area contributed by atoms with Gasteiger partial charge in [0, 0.05) is 11.6 Å². The molecule has 0 spiro atoms. The summed E-state index contributed by atoms with van der Waals surface area (Å²) in [6.07, 6.45) is 0. The summed E-state index contributed by atoms with van der Waals surface area (Å²) in [4.78, 5) is 13.0. The maximum atomic E-state index is 12.0. The van der Waals surface area contributed by atoms with Gasteiger partial charge in [0.15, 0.2) is 5.76 Å². The second-order valence-electron chi connectivity index (χ2n) is 4.54. The van der Waals surface area contributed by atoms with Gasteiger partial charge in [0.05, 0.1) is 23.1 Å². The zero-order valence-electron chi connectivity index (χ0n) is 11.4. The van der Waals surface area contributed by atoms with Gasteiger partial charge in [-0.25, -0.2) is 0 Å². The smallest absolute Gasteiger partial charge is 0.251 e. The van der Waals surface area contributed by atoms with E-state index in [0.29, 0.717) is 22.6 Å². The normalized spacial score (nSPS) is 10.1. The Hall–Kier alpha value is -2.91. The molecule has 108 valence electrons. The van der Waals surface area contributed by atoms with Crippen molar-refractivity contribution in [3.63, 3.8) is 0 Å². The van der Waals surface area contributed by atoms with Gasteiger partial charge in [-0.3, -0.25) is 4.79 Å². The maximum absolute atomic E-state index is 12.0. The fourth-order valence-corrected chi connectivity index (χ4v) is 2.61. The highest BCUT2D eigenvalue weighted by atomic mass is 32.1. The highest BCUT2D eigenvalue weighted by Crippen LogP contribution is 2.25. The van der Waals surface area contributed by atoms with Gasteiger partial charge in [-0.15, -0.1) is 11.3 Å². The first-order chi connectivity index (χ1) is 10.8. The van der Waals surface area contributed by atoms with Crippen LogP contribution in [0.15, 0.2) is 52.4 Å². The average molecular weight is 309 g/mol. The molecule has 0 bridgehead atoms. The molecular weight excluding hydrogens is 298 g/mol. The second kappa shape index (κ2) is 6.24. The minimum atomic E-state index is -0.252. The van der Waals surface area contributed by atoms with Crippen molar-refractivity contribution in [2.24, 2.45) is 0 Å². The number of hydrogen-bond acceptors (Lipinski definition) is 5. The van der Waals surface area contributed by atoms with Gasteiger partial charge in [0.2, 0.25) is 0 Å². The molecule has 22 heavy (non-hydrogen) atoms. The summed E-state index contributed by atoms with van der Waals surface area (Å²) in [5, 5.41) is 17.5. The van der Waals surface area contributed by atoms with Crippen LogP contribution in [0.4, 0.5) is 0 Å². The lowest BCUT2D eigenvalue weighted by molar-refractivity contribution is 0.0950. The Balaban J connectivity index is 1.65. The first kappa shape index (κ1) is 14.0. The number of amides is 1. The summed E-state index contributed by atoms with van der Waals surface area (Å²) in [6, 6.07) is 14.2. The van der Waals surface area contributed by atoms with E-state index < -0.39 is 0 Å². The van der Waals surface area contributed by atoms with Crippen molar-refractivity contribution in [2.75, 3.05) is 0 Å². The van der Waals surface area contributed by atoms with Gasteiger partial charge < -0.3 is 9.84 Å². The zero-order valence-corrected chi connectivity index (χ0v) is 12.3. The number of thiophene rings is 1. The lowest BCUT2D eigenvalue weighted by Crippen LogP contribution is -2.22. The van der Waals surface area contributed by atoms with Crippen LogP contribution in [-0.2, 0) is 6.54 Å². The molecule has 2 aromatic heterocycles. The monoisotopic (exact) mass is 309 g/mol. The summed E-state index contributed by atoms with van der Waals surface area (Å²) in [6.45, 7) is 0.268. The third kappa shape index (κ3) is 3.05. The zero-order chi connectivity index (χ0) is 15.4. The fourth-order valence-electron chi connectivity index (χ4n) is 1.93. The first-order valence-electron chi connectivity index (χ1n) is 6.54. The van der Waals surface area contributed by atoms with E-state index in [9.17, 15) is 4.79 Å². The van der Waals surface area contributed by atoms with Crippen molar-refractivity contribution in [3.8, 4) is 16.7 Å². The molecule has 0 fully saturated rings. The lowest BCUT2D eigenvalue weighted by Gasteiger charge is -2.02. The van der Waals surface area contributed by atoms with Gasteiger partial charge in [0.1, 0.15) is 5.69 Å². The number of nitriles is 1. The highest BCUT2D eigenvalue weighted by Gasteiger charge is 2.10. The van der Waals surface area contributed by atoms with Crippen LogP contribution in [-0.4, -0.2) is 11.1 Å². The molecule has 1 amide bonds. The molecule has 2 heterocycles.